The lowest BCUT2D eigenvalue weighted by Crippen LogP contribution is -2.34. The summed E-state index contributed by atoms with van der Waals surface area (Å²) in [5.41, 5.74) is 0.338. The first-order chi connectivity index (χ1) is 8.04. The highest BCUT2D eigenvalue weighted by Crippen LogP contribution is 2.19. The van der Waals surface area contributed by atoms with Gasteiger partial charge in [-0.1, -0.05) is 6.92 Å². The van der Waals surface area contributed by atoms with Gasteiger partial charge in [0.2, 0.25) is 0 Å². The molecule has 1 aromatic rings. The van der Waals surface area contributed by atoms with Crippen molar-refractivity contribution in [1.29, 1.82) is 0 Å². The Bertz CT molecular complexity index is 398. The third kappa shape index (κ3) is 4.75. The normalized spacial score (nSPS) is 12.2. The van der Waals surface area contributed by atoms with Crippen molar-refractivity contribution in [2.45, 2.75) is 19.9 Å². The summed E-state index contributed by atoms with van der Waals surface area (Å²) < 4.78 is 0.932. The highest BCUT2D eigenvalue weighted by molar-refractivity contribution is 14.1. The van der Waals surface area contributed by atoms with Gasteiger partial charge in [-0.25, -0.2) is 0 Å². The largest absolute Gasteiger partial charge is 0.507 e. The monoisotopic (exact) mass is 365 g/mol. The van der Waals surface area contributed by atoms with Crippen LogP contribution in [0.1, 0.15) is 24.2 Å². The lowest BCUT2D eigenvalue weighted by Gasteiger charge is -2.13. The minimum atomic E-state index is -0.217. The molecule has 5 heteroatoms. The number of hydrogen-bond donors (Lipinski definition) is 2. The van der Waals surface area contributed by atoms with Crippen molar-refractivity contribution in [2.24, 2.45) is 0 Å². The van der Waals surface area contributed by atoms with Gasteiger partial charge in [0.05, 0.1) is 5.56 Å². The van der Waals surface area contributed by atoms with E-state index in [0.29, 0.717) is 5.56 Å². The highest BCUT2D eigenvalue weighted by Gasteiger charge is 2.13. The van der Waals surface area contributed by atoms with Crippen LogP contribution in [0.15, 0.2) is 18.2 Å². The molecule has 0 saturated carbocycles. The van der Waals surface area contributed by atoms with Gasteiger partial charge in [-0.05, 0) is 53.5 Å². The quantitative estimate of drug-likeness (QED) is 0.789. The molecule has 2 N–H and O–H groups in total. The van der Waals surface area contributed by atoms with Crippen LogP contribution in [-0.2, 0) is 0 Å². The molecule has 0 heterocycles. The molecule has 0 fully saturated rings. The number of rotatable bonds is 5. The summed E-state index contributed by atoms with van der Waals surface area (Å²) in [7, 11) is 0. The Morgan fingerprint density at radius 2 is 2.29 bits per heavy atom. The van der Waals surface area contributed by atoms with E-state index in [2.05, 4.69) is 34.8 Å². The first kappa shape index (κ1) is 14.6. The number of hydrogen-bond acceptors (Lipinski definition) is 3. The molecular formula is C12H16INO2S. The molecule has 0 spiro atoms. The summed E-state index contributed by atoms with van der Waals surface area (Å²) in [4.78, 5) is 11.9. The summed E-state index contributed by atoms with van der Waals surface area (Å²) in [6.07, 6.45) is 0. The van der Waals surface area contributed by atoms with Crippen molar-refractivity contribution in [3.05, 3.63) is 27.3 Å². The fourth-order valence-electron chi connectivity index (χ4n) is 1.33. The maximum Gasteiger partial charge on any atom is 0.255 e. The van der Waals surface area contributed by atoms with Crippen LogP contribution in [0, 0.1) is 3.57 Å². The van der Waals surface area contributed by atoms with Crippen molar-refractivity contribution in [1.82, 2.24) is 5.32 Å². The Morgan fingerprint density at radius 1 is 1.59 bits per heavy atom. The molecule has 0 aliphatic carbocycles. The molecule has 1 unspecified atom stereocenters. The summed E-state index contributed by atoms with van der Waals surface area (Å²) in [5.74, 6) is 1.73. The average Bonchev–Trinajstić information content (AvgIpc) is 2.29. The number of carbonyl (C=O) groups is 1. The highest BCUT2D eigenvalue weighted by atomic mass is 127. The molecule has 3 nitrogen and oxygen atoms in total. The van der Waals surface area contributed by atoms with E-state index in [1.807, 2.05) is 6.92 Å². The number of phenols is 1. The van der Waals surface area contributed by atoms with Crippen LogP contribution in [0.25, 0.3) is 0 Å². The van der Waals surface area contributed by atoms with E-state index < -0.39 is 0 Å². The lowest BCUT2D eigenvalue weighted by atomic mass is 10.2. The summed E-state index contributed by atoms with van der Waals surface area (Å²) >= 11 is 3.90. The summed E-state index contributed by atoms with van der Waals surface area (Å²) in [6, 6.07) is 5.10. The lowest BCUT2D eigenvalue weighted by molar-refractivity contribution is 0.0941. The maximum atomic E-state index is 11.9. The SMILES string of the molecule is CCSCC(C)NC(=O)c1cc(I)ccc1O. The van der Waals surface area contributed by atoms with Gasteiger partial charge in [0.1, 0.15) is 5.75 Å². The average molecular weight is 365 g/mol. The zero-order valence-corrected chi connectivity index (χ0v) is 12.8. The number of aromatic hydroxyl groups is 1. The standard InChI is InChI=1S/C12H16INO2S/c1-3-17-7-8(2)14-12(16)10-6-9(13)4-5-11(10)15/h4-6,8,15H,3,7H2,1-2H3,(H,14,16). The van der Waals surface area contributed by atoms with E-state index in [1.165, 1.54) is 0 Å². The van der Waals surface area contributed by atoms with Crippen molar-refractivity contribution in [3.8, 4) is 5.75 Å². The zero-order valence-electron chi connectivity index (χ0n) is 9.87. The van der Waals surface area contributed by atoms with Crippen LogP contribution in [0.2, 0.25) is 0 Å². The van der Waals surface area contributed by atoms with Crippen LogP contribution >= 0.6 is 34.4 Å². The molecule has 0 bridgehead atoms. The third-order valence-corrected chi connectivity index (χ3v) is 3.97. The van der Waals surface area contributed by atoms with E-state index in [9.17, 15) is 9.90 Å². The van der Waals surface area contributed by atoms with E-state index in [-0.39, 0.29) is 17.7 Å². The topological polar surface area (TPSA) is 49.3 Å². The van der Waals surface area contributed by atoms with Gasteiger partial charge in [-0.2, -0.15) is 11.8 Å². The molecule has 1 rings (SSSR count). The van der Waals surface area contributed by atoms with Crippen molar-refractivity contribution in [3.63, 3.8) is 0 Å². The van der Waals surface area contributed by atoms with Crippen LogP contribution in [0.4, 0.5) is 0 Å². The van der Waals surface area contributed by atoms with Gasteiger partial charge in [0.25, 0.3) is 5.91 Å². The van der Waals surface area contributed by atoms with E-state index >= 15 is 0 Å². The minimum absolute atomic E-state index is 0.0262. The predicted molar refractivity (Wildman–Crippen MR) is 80.8 cm³/mol. The molecule has 1 amide bonds. The van der Waals surface area contributed by atoms with Crippen LogP contribution in [0.3, 0.4) is 0 Å². The number of phenolic OH excluding ortho intramolecular Hbond substituents is 1. The molecule has 0 aliphatic heterocycles. The molecule has 17 heavy (non-hydrogen) atoms. The Labute approximate surface area is 120 Å². The molecule has 0 saturated heterocycles. The second-order valence-electron chi connectivity index (χ2n) is 3.70. The second kappa shape index (κ2) is 7.10. The van der Waals surface area contributed by atoms with Crippen LogP contribution < -0.4 is 5.32 Å². The summed E-state index contributed by atoms with van der Waals surface area (Å²) in [6.45, 7) is 4.05. The molecule has 0 aliphatic rings. The van der Waals surface area contributed by atoms with Gasteiger partial charge in [0, 0.05) is 15.4 Å². The Balaban J connectivity index is 2.66. The molecule has 0 radical (unpaired) electrons. The van der Waals surface area contributed by atoms with E-state index in [4.69, 9.17) is 0 Å². The summed E-state index contributed by atoms with van der Waals surface area (Å²) in [5, 5.41) is 12.5. The first-order valence-corrected chi connectivity index (χ1v) is 7.65. The fourth-order valence-corrected chi connectivity index (χ4v) is 2.49. The van der Waals surface area contributed by atoms with Crippen LogP contribution in [0.5, 0.6) is 5.75 Å². The number of amides is 1. The first-order valence-electron chi connectivity index (χ1n) is 5.41. The van der Waals surface area contributed by atoms with Gasteiger partial charge < -0.3 is 10.4 Å². The third-order valence-electron chi connectivity index (χ3n) is 2.15. The van der Waals surface area contributed by atoms with E-state index in [1.54, 1.807) is 30.0 Å². The number of nitrogens with one attached hydrogen (secondary N) is 1. The molecule has 94 valence electrons. The van der Waals surface area contributed by atoms with Crippen molar-refractivity contribution in [2.75, 3.05) is 11.5 Å². The molecule has 1 aromatic carbocycles. The minimum Gasteiger partial charge on any atom is -0.507 e. The van der Waals surface area contributed by atoms with Crippen molar-refractivity contribution >= 4 is 40.3 Å². The van der Waals surface area contributed by atoms with Crippen molar-refractivity contribution < 1.29 is 9.90 Å². The number of thioether (sulfide) groups is 1. The van der Waals surface area contributed by atoms with E-state index in [0.717, 1.165) is 15.1 Å². The number of benzene rings is 1. The van der Waals surface area contributed by atoms with Gasteiger partial charge in [0.15, 0.2) is 0 Å². The van der Waals surface area contributed by atoms with Crippen LogP contribution in [-0.4, -0.2) is 28.6 Å². The van der Waals surface area contributed by atoms with Gasteiger partial charge in [-0.3, -0.25) is 4.79 Å². The zero-order chi connectivity index (χ0) is 12.8. The number of carbonyl (C=O) groups excluding carboxylic acids is 1. The molecule has 0 aromatic heterocycles. The smallest absolute Gasteiger partial charge is 0.255 e. The molecule has 1 atom stereocenters. The maximum absolute atomic E-state index is 11.9. The Hall–Kier alpha value is -0.430. The Morgan fingerprint density at radius 3 is 2.94 bits per heavy atom. The van der Waals surface area contributed by atoms with Gasteiger partial charge >= 0.3 is 0 Å². The molecular weight excluding hydrogens is 349 g/mol. The van der Waals surface area contributed by atoms with Gasteiger partial charge in [-0.15, -0.1) is 0 Å². The Kier molecular flexibility index (Phi) is 6.11. The fraction of sp³-hybridized carbons (Fsp3) is 0.417. The number of halogens is 1. The second-order valence-corrected chi connectivity index (χ2v) is 6.26. The predicted octanol–water partition coefficient (Wildman–Crippen LogP) is 2.87.